The van der Waals surface area contributed by atoms with E-state index in [9.17, 15) is 14.4 Å². The molecule has 0 radical (unpaired) electrons. The van der Waals surface area contributed by atoms with Gasteiger partial charge in [-0.3, -0.25) is 14.9 Å². The molecule has 2 heterocycles. The summed E-state index contributed by atoms with van der Waals surface area (Å²) in [5.74, 6) is -0.731. The van der Waals surface area contributed by atoms with Crippen molar-refractivity contribution in [1.82, 2.24) is 15.5 Å². The molecule has 2 aliphatic rings. The first-order valence-electron chi connectivity index (χ1n) is 7.73. The number of urea groups is 1. The SMILES string of the molecule is C[C@@H]1[C@@H](c2cccc(Cl)c2)OCCN1C(=O)[C@@H]1CC(=O)NC(=O)N1. The molecule has 2 saturated heterocycles. The molecule has 7 nitrogen and oxygen atoms in total. The van der Waals surface area contributed by atoms with Crippen LogP contribution in [-0.4, -0.2) is 48.0 Å². The molecule has 1 aromatic carbocycles. The molecule has 128 valence electrons. The summed E-state index contributed by atoms with van der Waals surface area (Å²) in [6, 6.07) is 5.59. The average molecular weight is 352 g/mol. The van der Waals surface area contributed by atoms with Crippen LogP contribution in [-0.2, 0) is 14.3 Å². The first-order chi connectivity index (χ1) is 11.5. The second kappa shape index (κ2) is 6.78. The second-order valence-electron chi connectivity index (χ2n) is 5.90. The van der Waals surface area contributed by atoms with Crippen molar-refractivity contribution in [3.63, 3.8) is 0 Å². The highest BCUT2D eigenvalue weighted by Crippen LogP contribution is 2.30. The van der Waals surface area contributed by atoms with Crippen molar-refractivity contribution in [2.45, 2.75) is 31.5 Å². The van der Waals surface area contributed by atoms with E-state index in [0.717, 1.165) is 5.56 Å². The van der Waals surface area contributed by atoms with Gasteiger partial charge in [0.25, 0.3) is 0 Å². The summed E-state index contributed by atoms with van der Waals surface area (Å²) < 4.78 is 5.82. The lowest BCUT2D eigenvalue weighted by molar-refractivity contribution is -0.149. The minimum absolute atomic E-state index is 0.0590. The zero-order valence-corrected chi connectivity index (χ0v) is 13.9. The van der Waals surface area contributed by atoms with Crippen LogP contribution in [0, 0.1) is 0 Å². The maximum Gasteiger partial charge on any atom is 0.322 e. The Hall–Kier alpha value is -2.12. The number of benzene rings is 1. The number of ether oxygens (including phenoxy) is 1. The molecule has 2 fully saturated rings. The van der Waals surface area contributed by atoms with E-state index in [4.69, 9.17) is 16.3 Å². The van der Waals surface area contributed by atoms with Crippen molar-refractivity contribution in [3.8, 4) is 0 Å². The Kier molecular flexibility index (Phi) is 4.73. The molecule has 0 saturated carbocycles. The van der Waals surface area contributed by atoms with Crippen molar-refractivity contribution < 1.29 is 19.1 Å². The van der Waals surface area contributed by atoms with Gasteiger partial charge in [-0.05, 0) is 24.6 Å². The highest BCUT2D eigenvalue weighted by molar-refractivity contribution is 6.30. The zero-order chi connectivity index (χ0) is 17.3. The molecule has 1 aromatic rings. The molecule has 2 N–H and O–H groups in total. The Balaban J connectivity index is 1.77. The van der Waals surface area contributed by atoms with Gasteiger partial charge in [0, 0.05) is 11.6 Å². The van der Waals surface area contributed by atoms with Gasteiger partial charge in [0.1, 0.15) is 12.1 Å². The lowest BCUT2D eigenvalue weighted by Crippen LogP contribution is -2.61. The third-order valence-corrected chi connectivity index (χ3v) is 4.50. The highest BCUT2D eigenvalue weighted by atomic mass is 35.5. The van der Waals surface area contributed by atoms with Crippen molar-refractivity contribution in [3.05, 3.63) is 34.9 Å². The van der Waals surface area contributed by atoms with Crippen molar-refractivity contribution >= 4 is 29.4 Å². The van der Waals surface area contributed by atoms with E-state index < -0.39 is 18.0 Å². The van der Waals surface area contributed by atoms with Crippen LogP contribution >= 0.6 is 11.6 Å². The van der Waals surface area contributed by atoms with Gasteiger partial charge in [-0.2, -0.15) is 0 Å². The van der Waals surface area contributed by atoms with E-state index in [2.05, 4.69) is 10.6 Å². The van der Waals surface area contributed by atoms with Crippen molar-refractivity contribution in [2.75, 3.05) is 13.2 Å². The fraction of sp³-hybridized carbons (Fsp3) is 0.438. The van der Waals surface area contributed by atoms with Gasteiger partial charge in [0.05, 0.1) is 19.1 Å². The number of nitrogens with one attached hydrogen (secondary N) is 2. The number of carbonyl (C=O) groups is 3. The number of amides is 4. The monoisotopic (exact) mass is 351 g/mol. The minimum atomic E-state index is -0.841. The van der Waals surface area contributed by atoms with Crippen LogP contribution in [0.1, 0.15) is 25.0 Å². The Morgan fingerprint density at radius 2 is 2.17 bits per heavy atom. The van der Waals surface area contributed by atoms with Crippen LogP contribution in [0.3, 0.4) is 0 Å². The summed E-state index contributed by atoms with van der Waals surface area (Å²) in [6.07, 6.45) is -0.370. The Morgan fingerprint density at radius 1 is 1.38 bits per heavy atom. The zero-order valence-electron chi connectivity index (χ0n) is 13.1. The molecule has 3 atom stereocenters. The molecule has 0 unspecified atom stereocenters. The first kappa shape index (κ1) is 16.7. The third kappa shape index (κ3) is 3.37. The van der Waals surface area contributed by atoms with Crippen LogP contribution in [0.25, 0.3) is 0 Å². The first-order valence-corrected chi connectivity index (χ1v) is 8.11. The highest BCUT2D eigenvalue weighted by Gasteiger charge is 2.38. The number of nitrogens with zero attached hydrogens (tertiary/aromatic N) is 1. The largest absolute Gasteiger partial charge is 0.370 e. The van der Waals surface area contributed by atoms with Gasteiger partial charge in [0.2, 0.25) is 11.8 Å². The summed E-state index contributed by atoms with van der Waals surface area (Å²) in [7, 11) is 0. The average Bonchev–Trinajstić information content (AvgIpc) is 2.53. The number of imide groups is 1. The second-order valence-corrected chi connectivity index (χ2v) is 6.33. The van der Waals surface area contributed by atoms with Gasteiger partial charge in [-0.15, -0.1) is 0 Å². The lowest BCUT2D eigenvalue weighted by Gasteiger charge is -2.41. The van der Waals surface area contributed by atoms with Gasteiger partial charge < -0.3 is 15.0 Å². The lowest BCUT2D eigenvalue weighted by atomic mass is 9.99. The van der Waals surface area contributed by atoms with E-state index in [-0.39, 0.29) is 24.5 Å². The maximum atomic E-state index is 12.7. The number of hydrogen-bond donors (Lipinski definition) is 2. The number of hydrogen-bond acceptors (Lipinski definition) is 4. The van der Waals surface area contributed by atoms with Crippen LogP contribution in [0.4, 0.5) is 4.79 Å². The molecule has 3 rings (SSSR count). The topological polar surface area (TPSA) is 87.7 Å². The number of morpholine rings is 1. The quantitative estimate of drug-likeness (QED) is 0.838. The maximum absolute atomic E-state index is 12.7. The Bertz CT molecular complexity index is 665. The number of halogens is 1. The fourth-order valence-electron chi connectivity index (χ4n) is 3.11. The van der Waals surface area contributed by atoms with Crippen molar-refractivity contribution in [2.24, 2.45) is 0 Å². The smallest absolute Gasteiger partial charge is 0.322 e. The van der Waals surface area contributed by atoms with Gasteiger partial charge in [0.15, 0.2) is 0 Å². The van der Waals surface area contributed by atoms with Gasteiger partial charge in [-0.1, -0.05) is 23.7 Å². The predicted molar refractivity (Wildman–Crippen MR) is 86.4 cm³/mol. The molecule has 0 bridgehead atoms. The molecular formula is C16H18ClN3O4. The summed E-state index contributed by atoms with van der Waals surface area (Å²) in [5.41, 5.74) is 0.887. The molecule has 0 aliphatic carbocycles. The van der Waals surface area contributed by atoms with Crippen LogP contribution < -0.4 is 10.6 Å². The number of carbonyl (C=O) groups excluding carboxylic acids is 3. The molecular weight excluding hydrogens is 334 g/mol. The van der Waals surface area contributed by atoms with E-state index in [1.54, 1.807) is 11.0 Å². The Labute approximate surface area is 144 Å². The molecule has 0 aromatic heterocycles. The Morgan fingerprint density at radius 3 is 2.88 bits per heavy atom. The summed E-state index contributed by atoms with van der Waals surface area (Å²) >= 11 is 6.04. The van der Waals surface area contributed by atoms with E-state index in [1.165, 1.54) is 0 Å². The third-order valence-electron chi connectivity index (χ3n) is 4.27. The molecule has 4 amide bonds. The summed E-state index contributed by atoms with van der Waals surface area (Å²) in [5, 5.41) is 5.22. The van der Waals surface area contributed by atoms with Crippen molar-refractivity contribution in [1.29, 1.82) is 0 Å². The predicted octanol–water partition coefficient (Wildman–Crippen LogP) is 1.23. The normalized spacial score (nSPS) is 27.4. The summed E-state index contributed by atoms with van der Waals surface area (Å²) in [6.45, 7) is 2.67. The minimum Gasteiger partial charge on any atom is -0.370 e. The van der Waals surface area contributed by atoms with Gasteiger partial charge >= 0.3 is 6.03 Å². The van der Waals surface area contributed by atoms with Crippen LogP contribution in [0.2, 0.25) is 5.02 Å². The standard InChI is InChI=1S/C16H18ClN3O4/c1-9-14(10-3-2-4-11(17)7-10)24-6-5-20(9)15(22)12-8-13(21)19-16(23)18-12/h2-4,7,9,12,14H,5-6,8H2,1H3,(H2,18,19,21,23)/t9-,12+,14+/m1/s1. The molecule has 2 aliphatic heterocycles. The number of rotatable bonds is 2. The molecule has 24 heavy (non-hydrogen) atoms. The summed E-state index contributed by atoms with van der Waals surface area (Å²) in [4.78, 5) is 37.3. The van der Waals surface area contributed by atoms with Gasteiger partial charge in [-0.25, -0.2) is 4.79 Å². The fourth-order valence-corrected chi connectivity index (χ4v) is 3.31. The molecule has 0 spiro atoms. The van der Waals surface area contributed by atoms with E-state index >= 15 is 0 Å². The van der Waals surface area contributed by atoms with E-state index in [1.807, 2.05) is 25.1 Å². The van der Waals surface area contributed by atoms with Crippen LogP contribution in [0.5, 0.6) is 0 Å². The van der Waals surface area contributed by atoms with Crippen LogP contribution in [0.15, 0.2) is 24.3 Å². The molecule has 8 heteroatoms. The van der Waals surface area contributed by atoms with E-state index in [0.29, 0.717) is 18.2 Å².